The van der Waals surface area contributed by atoms with Crippen molar-refractivity contribution in [3.63, 3.8) is 0 Å². The van der Waals surface area contributed by atoms with Crippen molar-refractivity contribution in [2.75, 3.05) is 5.75 Å². The van der Waals surface area contributed by atoms with E-state index in [4.69, 9.17) is 5.73 Å². The van der Waals surface area contributed by atoms with Crippen LogP contribution in [0.3, 0.4) is 0 Å². The van der Waals surface area contributed by atoms with Crippen molar-refractivity contribution < 1.29 is 4.79 Å². The van der Waals surface area contributed by atoms with Gasteiger partial charge in [0.15, 0.2) is 0 Å². The first kappa shape index (κ1) is 8.62. The molecule has 0 aromatic carbocycles. The van der Waals surface area contributed by atoms with E-state index in [0.717, 1.165) is 5.75 Å². The zero-order chi connectivity index (χ0) is 8.10. The van der Waals surface area contributed by atoms with Gasteiger partial charge in [0.05, 0.1) is 4.21 Å². The van der Waals surface area contributed by atoms with Crippen molar-refractivity contribution >= 4 is 29.0 Å². The molecule has 0 aliphatic carbocycles. The highest BCUT2D eigenvalue weighted by Gasteiger charge is 1.96. The Morgan fingerprint density at radius 2 is 2.55 bits per heavy atom. The highest BCUT2D eigenvalue weighted by molar-refractivity contribution is 8.01. The van der Waals surface area contributed by atoms with Crippen LogP contribution < -0.4 is 5.73 Å². The molecule has 0 atom stereocenters. The summed E-state index contributed by atoms with van der Waals surface area (Å²) in [4.78, 5) is 10.3. The zero-order valence-corrected chi connectivity index (χ0v) is 7.58. The third-order valence-electron chi connectivity index (χ3n) is 1.09. The van der Waals surface area contributed by atoms with Crippen LogP contribution in [0.25, 0.3) is 0 Å². The van der Waals surface area contributed by atoms with E-state index in [1.807, 2.05) is 17.5 Å². The molecular weight excluding hydrogens is 178 g/mol. The number of carbonyl (C=O) groups is 1. The Morgan fingerprint density at radius 3 is 3.09 bits per heavy atom. The summed E-state index contributed by atoms with van der Waals surface area (Å²) in [5.74, 6) is 0.560. The maximum absolute atomic E-state index is 10.3. The molecule has 11 heavy (non-hydrogen) atoms. The zero-order valence-electron chi connectivity index (χ0n) is 5.95. The summed E-state index contributed by atoms with van der Waals surface area (Å²) in [6, 6.07) is 4.04. The van der Waals surface area contributed by atoms with Crippen LogP contribution in [0.4, 0.5) is 0 Å². The van der Waals surface area contributed by atoms with Crippen LogP contribution >= 0.6 is 23.1 Å². The molecule has 1 aromatic heterocycles. The summed E-state index contributed by atoms with van der Waals surface area (Å²) in [7, 11) is 0. The number of carbonyl (C=O) groups excluding carboxylic acids is 1. The van der Waals surface area contributed by atoms with Crippen LogP contribution in [0, 0.1) is 0 Å². The number of nitrogens with two attached hydrogens (primary N) is 1. The average molecular weight is 187 g/mol. The Balaban J connectivity index is 2.19. The molecule has 1 heterocycles. The molecular formula is C7H9NOS2. The second kappa shape index (κ2) is 4.41. The number of thiophene rings is 1. The van der Waals surface area contributed by atoms with E-state index >= 15 is 0 Å². The Hall–Kier alpha value is -0.480. The molecule has 1 amide bonds. The van der Waals surface area contributed by atoms with Gasteiger partial charge < -0.3 is 5.73 Å². The van der Waals surface area contributed by atoms with E-state index in [0.29, 0.717) is 6.42 Å². The van der Waals surface area contributed by atoms with Gasteiger partial charge in [-0.25, -0.2) is 0 Å². The van der Waals surface area contributed by atoms with E-state index in [9.17, 15) is 4.79 Å². The van der Waals surface area contributed by atoms with Crippen LogP contribution in [0.15, 0.2) is 21.7 Å². The maximum Gasteiger partial charge on any atom is 0.218 e. The molecule has 0 aliphatic heterocycles. The lowest BCUT2D eigenvalue weighted by Crippen LogP contribution is -2.10. The number of thioether (sulfide) groups is 1. The Kier molecular flexibility index (Phi) is 3.45. The van der Waals surface area contributed by atoms with Gasteiger partial charge in [-0.05, 0) is 11.4 Å². The Morgan fingerprint density at radius 1 is 1.73 bits per heavy atom. The van der Waals surface area contributed by atoms with E-state index < -0.39 is 0 Å². The number of rotatable bonds is 4. The summed E-state index contributed by atoms with van der Waals surface area (Å²) in [5, 5.41) is 2.02. The second-order valence-electron chi connectivity index (χ2n) is 2.00. The second-order valence-corrected chi connectivity index (χ2v) is 4.34. The smallest absolute Gasteiger partial charge is 0.218 e. The van der Waals surface area contributed by atoms with Gasteiger partial charge in [-0.3, -0.25) is 4.79 Å². The van der Waals surface area contributed by atoms with Crippen molar-refractivity contribution in [2.24, 2.45) is 5.73 Å². The minimum atomic E-state index is -0.228. The summed E-state index contributed by atoms with van der Waals surface area (Å²) < 4.78 is 1.24. The molecule has 0 spiro atoms. The molecule has 1 rings (SSSR count). The first-order valence-corrected chi connectivity index (χ1v) is 5.10. The highest BCUT2D eigenvalue weighted by atomic mass is 32.2. The van der Waals surface area contributed by atoms with Crippen molar-refractivity contribution in [3.05, 3.63) is 17.5 Å². The van der Waals surface area contributed by atoms with Gasteiger partial charge in [0.1, 0.15) is 0 Å². The molecule has 1 aromatic rings. The lowest BCUT2D eigenvalue weighted by atomic mass is 10.5. The largest absolute Gasteiger partial charge is 0.370 e. The predicted octanol–water partition coefficient (Wildman–Crippen LogP) is 1.72. The number of primary amides is 1. The molecule has 4 heteroatoms. The molecule has 0 unspecified atom stereocenters. The number of hydrogen-bond acceptors (Lipinski definition) is 3. The lowest BCUT2D eigenvalue weighted by molar-refractivity contribution is -0.117. The van der Waals surface area contributed by atoms with Gasteiger partial charge in [0.25, 0.3) is 0 Å². The molecule has 60 valence electrons. The Labute approximate surface area is 73.8 Å². The average Bonchev–Trinajstić information content (AvgIpc) is 2.39. The fraction of sp³-hybridized carbons (Fsp3) is 0.286. The minimum Gasteiger partial charge on any atom is -0.370 e. The summed E-state index contributed by atoms with van der Waals surface area (Å²) in [6.45, 7) is 0. The molecule has 0 radical (unpaired) electrons. The Bertz CT molecular complexity index is 220. The van der Waals surface area contributed by atoms with E-state index in [1.165, 1.54) is 4.21 Å². The lowest BCUT2D eigenvalue weighted by Gasteiger charge is -1.93. The van der Waals surface area contributed by atoms with Crippen molar-refractivity contribution in [1.29, 1.82) is 0 Å². The fourth-order valence-electron chi connectivity index (χ4n) is 0.598. The predicted molar refractivity (Wildman–Crippen MR) is 48.9 cm³/mol. The topological polar surface area (TPSA) is 43.1 Å². The third-order valence-corrected chi connectivity index (χ3v) is 3.22. The quantitative estimate of drug-likeness (QED) is 0.729. The van der Waals surface area contributed by atoms with Gasteiger partial charge in [0.2, 0.25) is 5.91 Å². The van der Waals surface area contributed by atoms with E-state index in [-0.39, 0.29) is 5.91 Å². The molecule has 0 bridgehead atoms. The minimum absolute atomic E-state index is 0.228. The molecule has 2 N–H and O–H groups in total. The normalized spacial score (nSPS) is 9.82. The monoisotopic (exact) mass is 187 g/mol. The van der Waals surface area contributed by atoms with Gasteiger partial charge in [-0.15, -0.1) is 23.1 Å². The van der Waals surface area contributed by atoms with Crippen LogP contribution in [-0.4, -0.2) is 11.7 Å². The van der Waals surface area contributed by atoms with Crippen LogP contribution in [0.5, 0.6) is 0 Å². The molecule has 0 saturated heterocycles. The van der Waals surface area contributed by atoms with E-state index in [1.54, 1.807) is 23.1 Å². The summed E-state index contributed by atoms with van der Waals surface area (Å²) >= 11 is 3.36. The standard InChI is InChI=1S/C7H9NOS2/c8-6(9)3-5-11-7-2-1-4-10-7/h1-2,4H,3,5H2,(H2,8,9). The van der Waals surface area contributed by atoms with Crippen LogP contribution in [0.1, 0.15) is 6.42 Å². The summed E-state index contributed by atoms with van der Waals surface area (Å²) in [6.07, 6.45) is 0.461. The van der Waals surface area contributed by atoms with E-state index in [2.05, 4.69) is 0 Å². The van der Waals surface area contributed by atoms with Crippen molar-refractivity contribution in [2.45, 2.75) is 10.6 Å². The maximum atomic E-state index is 10.3. The van der Waals surface area contributed by atoms with Gasteiger partial charge in [0, 0.05) is 12.2 Å². The number of amides is 1. The number of hydrogen-bond donors (Lipinski definition) is 1. The summed E-state index contributed by atoms with van der Waals surface area (Å²) in [5.41, 5.74) is 4.98. The highest BCUT2D eigenvalue weighted by Crippen LogP contribution is 2.23. The van der Waals surface area contributed by atoms with Crippen molar-refractivity contribution in [3.8, 4) is 0 Å². The first-order valence-electron chi connectivity index (χ1n) is 3.23. The molecule has 0 aliphatic rings. The first-order chi connectivity index (χ1) is 5.29. The SMILES string of the molecule is NC(=O)CCSc1cccs1. The van der Waals surface area contributed by atoms with Gasteiger partial charge in [-0.2, -0.15) is 0 Å². The van der Waals surface area contributed by atoms with Crippen LogP contribution in [0.2, 0.25) is 0 Å². The molecule has 2 nitrogen and oxygen atoms in total. The van der Waals surface area contributed by atoms with Crippen molar-refractivity contribution in [1.82, 2.24) is 0 Å². The molecule has 0 fully saturated rings. The van der Waals surface area contributed by atoms with Gasteiger partial charge >= 0.3 is 0 Å². The third kappa shape index (κ3) is 3.43. The van der Waals surface area contributed by atoms with Gasteiger partial charge in [-0.1, -0.05) is 6.07 Å². The van der Waals surface area contributed by atoms with Crippen LogP contribution in [-0.2, 0) is 4.79 Å². The molecule has 0 saturated carbocycles. The fourth-order valence-corrected chi connectivity index (χ4v) is 2.41.